The van der Waals surface area contributed by atoms with Crippen LogP contribution in [0.25, 0.3) is 11.0 Å². The summed E-state index contributed by atoms with van der Waals surface area (Å²) >= 11 is 0. The van der Waals surface area contributed by atoms with Crippen molar-refractivity contribution >= 4 is 11.0 Å². The molecule has 2 rings (SSSR count). The first-order chi connectivity index (χ1) is 6.57. The smallest absolute Gasteiger partial charge is 0.107 e. The molecule has 0 saturated carbocycles. The van der Waals surface area contributed by atoms with Crippen molar-refractivity contribution in [2.45, 2.75) is 19.4 Å². The molecule has 0 bridgehead atoms. The number of hydrogen-bond donors (Lipinski definition) is 1. The van der Waals surface area contributed by atoms with Crippen molar-refractivity contribution in [3.8, 4) is 0 Å². The summed E-state index contributed by atoms with van der Waals surface area (Å²) in [6.45, 7) is 3.36. The van der Waals surface area contributed by atoms with E-state index in [-0.39, 0.29) is 0 Å². The van der Waals surface area contributed by atoms with E-state index in [1.807, 2.05) is 0 Å². The lowest BCUT2D eigenvalue weighted by molar-refractivity contribution is 0.0738. The average molecular weight is 189 g/mol. The monoisotopic (exact) mass is 189 g/mol. The fourth-order valence-electron chi connectivity index (χ4n) is 1.16. The first-order valence-corrected chi connectivity index (χ1v) is 4.37. The maximum atomic E-state index is 9.73. The van der Waals surface area contributed by atoms with Crippen LogP contribution in [0.2, 0.25) is 0 Å². The first kappa shape index (κ1) is 9.02. The van der Waals surface area contributed by atoms with Crippen LogP contribution >= 0.6 is 0 Å². The number of nitrogens with zero attached hydrogens (tertiary/aromatic N) is 3. The van der Waals surface area contributed by atoms with Crippen molar-refractivity contribution in [3.05, 3.63) is 30.4 Å². The van der Waals surface area contributed by atoms with Crippen molar-refractivity contribution in [2.24, 2.45) is 0 Å². The second-order valence-electron chi connectivity index (χ2n) is 3.68. The summed E-state index contributed by atoms with van der Waals surface area (Å²) in [7, 11) is 0. The van der Waals surface area contributed by atoms with E-state index >= 15 is 0 Å². The van der Waals surface area contributed by atoms with Crippen molar-refractivity contribution in [3.63, 3.8) is 0 Å². The highest BCUT2D eigenvalue weighted by molar-refractivity contribution is 5.72. The van der Waals surface area contributed by atoms with E-state index in [1.165, 1.54) is 0 Å². The van der Waals surface area contributed by atoms with Crippen LogP contribution in [0.15, 0.2) is 24.7 Å². The molecule has 2 aromatic rings. The molecule has 0 radical (unpaired) electrons. The number of rotatable bonds is 1. The zero-order chi connectivity index (χ0) is 10.2. The molecule has 0 unspecified atom stereocenters. The van der Waals surface area contributed by atoms with Gasteiger partial charge in [0.1, 0.15) is 11.1 Å². The normalized spacial score (nSPS) is 11.9. The lowest BCUT2D eigenvalue weighted by Gasteiger charge is -2.15. The maximum absolute atomic E-state index is 9.73. The van der Waals surface area contributed by atoms with E-state index in [9.17, 15) is 5.11 Å². The third-order valence-electron chi connectivity index (χ3n) is 1.97. The number of aliphatic hydroxyl groups is 1. The summed E-state index contributed by atoms with van der Waals surface area (Å²) in [6, 6.07) is 1.79. The van der Waals surface area contributed by atoms with Crippen LogP contribution in [0.3, 0.4) is 0 Å². The van der Waals surface area contributed by atoms with Gasteiger partial charge in [-0.15, -0.1) is 0 Å². The van der Waals surface area contributed by atoms with E-state index < -0.39 is 5.60 Å². The molecule has 4 nitrogen and oxygen atoms in total. The Hall–Kier alpha value is -1.55. The van der Waals surface area contributed by atoms with Crippen LogP contribution in [0.4, 0.5) is 0 Å². The van der Waals surface area contributed by atoms with Crippen molar-refractivity contribution in [2.75, 3.05) is 0 Å². The Morgan fingerprint density at radius 3 is 2.71 bits per heavy atom. The molecule has 14 heavy (non-hydrogen) atoms. The van der Waals surface area contributed by atoms with Crippen molar-refractivity contribution < 1.29 is 5.11 Å². The van der Waals surface area contributed by atoms with Crippen molar-refractivity contribution in [1.82, 2.24) is 15.0 Å². The third kappa shape index (κ3) is 1.56. The third-order valence-corrected chi connectivity index (χ3v) is 1.97. The maximum Gasteiger partial charge on any atom is 0.107 e. The van der Waals surface area contributed by atoms with E-state index in [2.05, 4.69) is 15.0 Å². The predicted octanol–water partition coefficient (Wildman–Crippen LogP) is 1.25. The number of fused-ring (bicyclic) bond motifs is 1. The summed E-state index contributed by atoms with van der Waals surface area (Å²) in [5, 5.41) is 9.73. The molecule has 0 fully saturated rings. The van der Waals surface area contributed by atoms with Gasteiger partial charge in [0.15, 0.2) is 0 Å². The summed E-state index contributed by atoms with van der Waals surface area (Å²) in [4.78, 5) is 12.4. The molecule has 0 saturated heterocycles. The minimum atomic E-state index is -0.961. The molecule has 0 aliphatic rings. The predicted molar refractivity (Wildman–Crippen MR) is 52.6 cm³/mol. The highest BCUT2D eigenvalue weighted by atomic mass is 16.3. The molecular weight excluding hydrogens is 178 g/mol. The largest absolute Gasteiger partial charge is 0.384 e. The van der Waals surface area contributed by atoms with E-state index in [1.54, 1.807) is 38.5 Å². The molecule has 2 heterocycles. The second kappa shape index (κ2) is 2.99. The van der Waals surface area contributed by atoms with Crippen LogP contribution in [-0.2, 0) is 5.60 Å². The van der Waals surface area contributed by atoms with Gasteiger partial charge in [0.25, 0.3) is 0 Å². The fraction of sp³-hybridized carbons (Fsp3) is 0.300. The van der Waals surface area contributed by atoms with E-state index in [0.717, 1.165) is 5.52 Å². The van der Waals surface area contributed by atoms with Gasteiger partial charge in [-0.1, -0.05) is 0 Å². The molecular formula is C10H11N3O. The van der Waals surface area contributed by atoms with Gasteiger partial charge >= 0.3 is 0 Å². The molecule has 1 N–H and O–H groups in total. The second-order valence-corrected chi connectivity index (χ2v) is 3.68. The zero-order valence-corrected chi connectivity index (χ0v) is 8.10. The average Bonchev–Trinajstić information content (AvgIpc) is 2.16. The van der Waals surface area contributed by atoms with Crippen molar-refractivity contribution in [1.29, 1.82) is 0 Å². The van der Waals surface area contributed by atoms with Gasteiger partial charge in [0.2, 0.25) is 0 Å². The van der Waals surface area contributed by atoms with Crippen LogP contribution in [0, 0.1) is 0 Å². The summed E-state index contributed by atoms with van der Waals surface area (Å²) in [6.07, 6.45) is 4.89. The Labute approximate surface area is 81.7 Å². The zero-order valence-electron chi connectivity index (χ0n) is 8.10. The SMILES string of the molecule is CC(C)(O)c1cnc2ccncc2n1. The molecule has 0 aliphatic carbocycles. The Kier molecular flexibility index (Phi) is 1.93. The summed E-state index contributed by atoms with van der Waals surface area (Å²) in [5.74, 6) is 0. The topological polar surface area (TPSA) is 58.9 Å². The molecule has 0 atom stereocenters. The van der Waals surface area contributed by atoms with Gasteiger partial charge in [-0.05, 0) is 19.9 Å². The molecule has 0 spiro atoms. The van der Waals surface area contributed by atoms with Crippen LogP contribution < -0.4 is 0 Å². The lowest BCUT2D eigenvalue weighted by Crippen LogP contribution is -2.17. The molecule has 4 heteroatoms. The van der Waals surface area contributed by atoms with Crippen LogP contribution in [0.5, 0.6) is 0 Å². The Balaban J connectivity index is 2.63. The van der Waals surface area contributed by atoms with Gasteiger partial charge in [0.05, 0.1) is 23.6 Å². The first-order valence-electron chi connectivity index (χ1n) is 4.37. The number of pyridine rings is 1. The highest BCUT2D eigenvalue weighted by Crippen LogP contribution is 2.18. The Morgan fingerprint density at radius 1 is 1.21 bits per heavy atom. The standard InChI is InChI=1S/C10H11N3O/c1-10(2,14)9-6-12-7-3-4-11-5-8(7)13-9/h3-6,14H,1-2H3. The number of hydrogen-bond acceptors (Lipinski definition) is 4. The molecule has 0 aliphatic heterocycles. The molecule has 2 aromatic heterocycles. The van der Waals surface area contributed by atoms with E-state index in [4.69, 9.17) is 0 Å². The highest BCUT2D eigenvalue weighted by Gasteiger charge is 2.18. The minimum Gasteiger partial charge on any atom is -0.384 e. The van der Waals surface area contributed by atoms with Crippen LogP contribution in [0.1, 0.15) is 19.5 Å². The van der Waals surface area contributed by atoms with Gasteiger partial charge in [0, 0.05) is 6.20 Å². The Morgan fingerprint density at radius 2 is 2.00 bits per heavy atom. The quantitative estimate of drug-likeness (QED) is 0.733. The molecule has 72 valence electrons. The minimum absolute atomic E-state index is 0.554. The summed E-state index contributed by atoms with van der Waals surface area (Å²) < 4.78 is 0. The fourth-order valence-corrected chi connectivity index (χ4v) is 1.16. The summed E-state index contributed by atoms with van der Waals surface area (Å²) in [5.41, 5.74) is 1.08. The van der Waals surface area contributed by atoms with Gasteiger partial charge < -0.3 is 5.11 Å². The van der Waals surface area contributed by atoms with E-state index in [0.29, 0.717) is 11.2 Å². The lowest BCUT2D eigenvalue weighted by atomic mass is 10.1. The van der Waals surface area contributed by atoms with Crippen LogP contribution in [-0.4, -0.2) is 20.1 Å². The molecule has 0 amide bonds. The van der Waals surface area contributed by atoms with Gasteiger partial charge in [-0.2, -0.15) is 0 Å². The Bertz CT molecular complexity index is 462. The molecule has 0 aromatic carbocycles. The van der Waals surface area contributed by atoms with Gasteiger partial charge in [-0.3, -0.25) is 9.97 Å². The van der Waals surface area contributed by atoms with Gasteiger partial charge in [-0.25, -0.2) is 4.98 Å². The number of aromatic nitrogens is 3.